The van der Waals surface area contributed by atoms with E-state index in [9.17, 15) is 0 Å². The Morgan fingerprint density at radius 3 is 2.24 bits per heavy atom. The molecule has 0 saturated heterocycles. The summed E-state index contributed by atoms with van der Waals surface area (Å²) >= 11 is 0. The molecule has 0 atom stereocenters. The molecule has 0 aliphatic carbocycles. The fraction of sp³-hybridized carbons (Fsp3) is 0. The Balaban J connectivity index is 1.70. The molecule has 0 amide bonds. The number of nitrogens with zero attached hydrogens (tertiary/aromatic N) is 5. The van der Waals surface area contributed by atoms with Crippen molar-refractivity contribution < 1.29 is 0 Å². The highest BCUT2D eigenvalue weighted by Crippen LogP contribution is 2.41. The Kier molecular flexibility index (Phi) is 3.34. The van der Waals surface area contributed by atoms with E-state index in [0.717, 1.165) is 38.7 Å². The van der Waals surface area contributed by atoms with E-state index < -0.39 is 0 Å². The molecule has 3 aromatic carbocycles. The molecule has 158 valence electrons. The van der Waals surface area contributed by atoms with Crippen molar-refractivity contribution in [2.75, 3.05) is 0 Å². The van der Waals surface area contributed by atoms with Gasteiger partial charge in [0, 0.05) is 51.2 Å². The molecule has 8 rings (SSSR count). The zero-order valence-corrected chi connectivity index (χ0v) is 18.1. The highest BCUT2D eigenvalue weighted by Gasteiger charge is 2.20. The lowest BCUT2D eigenvalue weighted by Crippen LogP contribution is -1.94. The zero-order chi connectivity index (χ0) is 22.2. The van der Waals surface area contributed by atoms with Crippen LogP contribution in [0.4, 0.5) is 0 Å². The summed E-state index contributed by atoms with van der Waals surface area (Å²) in [5.74, 6) is 0. The Morgan fingerprint density at radius 2 is 1.32 bits per heavy atom. The summed E-state index contributed by atoms with van der Waals surface area (Å²) in [7, 11) is 0. The SMILES string of the molecule is c1ccc(-n2c3ccccc3c3c4c5cnccc5n5c6ccncc6nc5c4ccc32)cc1. The molecular weight excluding hydrogens is 418 g/mol. The van der Waals surface area contributed by atoms with Crippen molar-refractivity contribution in [3.63, 3.8) is 0 Å². The van der Waals surface area contributed by atoms with Gasteiger partial charge in [-0.25, -0.2) is 4.98 Å². The molecule has 8 aromatic rings. The van der Waals surface area contributed by atoms with Crippen molar-refractivity contribution in [1.82, 2.24) is 23.9 Å². The van der Waals surface area contributed by atoms with Crippen LogP contribution in [-0.4, -0.2) is 23.9 Å². The predicted octanol–water partition coefficient (Wildman–Crippen LogP) is 6.68. The van der Waals surface area contributed by atoms with Gasteiger partial charge in [0.05, 0.1) is 28.3 Å². The van der Waals surface area contributed by atoms with E-state index in [0.29, 0.717) is 0 Å². The van der Waals surface area contributed by atoms with E-state index in [-0.39, 0.29) is 0 Å². The molecule has 0 aliphatic heterocycles. The first-order valence-corrected chi connectivity index (χ1v) is 11.3. The molecule has 0 saturated carbocycles. The number of aromatic nitrogens is 5. The number of fused-ring (bicyclic) bond motifs is 12. The average Bonchev–Trinajstić information content (AvgIpc) is 3.45. The zero-order valence-electron chi connectivity index (χ0n) is 18.1. The smallest absolute Gasteiger partial charge is 0.146 e. The van der Waals surface area contributed by atoms with E-state index in [1.54, 1.807) is 0 Å². The lowest BCUT2D eigenvalue weighted by Gasteiger charge is -2.11. The van der Waals surface area contributed by atoms with Crippen LogP contribution in [0, 0.1) is 0 Å². The van der Waals surface area contributed by atoms with Crippen LogP contribution < -0.4 is 0 Å². The molecule has 34 heavy (non-hydrogen) atoms. The van der Waals surface area contributed by atoms with E-state index in [1.807, 2.05) is 30.9 Å². The number of imidazole rings is 1. The van der Waals surface area contributed by atoms with E-state index in [1.165, 1.54) is 27.2 Å². The number of hydrogen-bond acceptors (Lipinski definition) is 3. The van der Waals surface area contributed by atoms with Crippen LogP contribution in [0.5, 0.6) is 0 Å². The minimum atomic E-state index is 0.889. The monoisotopic (exact) mass is 435 g/mol. The first-order chi connectivity index (χ1) is 16.9. The van der Waals surface area contributed by atoms with Gasteiger partial charge in [0.2, 0.25) is 0 Å². The molecule has 0 bridgehead atoms. The fourth-order valence-electron chi connectivity index (χ4n) is 5.51. The van der Waals surface area contributed by atoms with Crippen LogP contribution in [0.2, 0.25) is 0 Å². The van der Waals surface area contributed by atoms with Gasteiger partial charge < -0.3 is 4.57 Å². The second-order valence-corrected chi connectivity index (χ2v) is 8.60. The maximum atomic E-state index is 5.02. The van der Waals surface area contributed by atoms with Crippen LogP contribution in [0.15, 0.2) is 104 Å². The third-order valence-electron chi connectivity index (χ3n) is 6.86. The van der Waals surface area contributed by atoms with Gasteiger partial charge >= 0.3 is 0 Å². The third kappa shape index (κ3) is 2.16. The van der Waals surface area contributed by atoms with E-state index in [4.69, 9.17) is 4.98 Å². The maximum absolute atomic E-state index is 5.02. The Hall–Kier alpha value is -4.77. The average molecular weight is 435 g/mol. The van der Waals surface area contributed by atoms with Gasteiger partial charge in [-0.1, -0.05) is 36.4 Å². The normalized spacial score (nSPS) is 12.1. The topological polar surface area (TPSA) is 48.0 Å². The molecule has 0 unspecified atom stereocenters. The quantitative estimate of drug-likeness (QED) is 0.270. The molecule has 0 fully saturated rings. The highest BCUT2D eigenvalue weighted by molar-refractivity contribution is 6.30. The van der Waals surface area contributed by atoms with Gasteiger partial charge in [-0.05, 0) is 42.5 Å². The van der Waals surface area contributed by atoms with Gasteiger partial charge in [0.15, 0.2) is 0 Å². The molecular formula is C29H17N5. The van der Waals surface area contributed by atoms with Crippen LogP contribution in [-0.2, 0) is 0 Å². The van der Waals surface area contributed by atoms with E-state index >= 15 is 0 Å². The summed E-state index contributed by atoms with van der Waals surface area (Å²) in [6.07, 6.45) is 7.50. The van der Waals surface area contributed by atoms with Crippen molar-refractivity contribution in [1.29, 1.82) is 0 Å². The first kappa shape index (κ1) is 17.7. The van der Waals surface area contributed by atoms with Crippen LogP contribution in [0.25, 0.3) is 65.8 Å². The van der Waals surface area contributed by atoms with Crippen LogP contribution >= 0.6 is 0 Å². The molecule has 5 nitrogen and oxygen atoms in total. The number of rotatable bonds is 1. The molecule has 5 heterocycles. The van der Waals surface area contributed by atoms with Gasteiger partial charge in [0.1, 0.15) is 11.2 Å². The van der Waals surface area contributed by atoms with Gasteiger partial charge in [-0.3, -0.25) is 14.4 Å². The molecule has 5 aromatic heterocycles. The maximum Gasteiger partial charge on any atom is 0.146 e. The largest absolute Gasteiger partial charge is 0.309 e. The second kappa shape index (κ2) is 6.39. The Morgan fingerprint density at radius 1 is 0.529 bits per heavy atom. The Labute approximate surface area is 193 Å². The van der Waals surface area contributed by atoms with Crippen LogP contribution in [0.3, 0.4) is 0 Å². The predicted molar refractivity (Wildman–Crippen MR) is 138 cm³/mol. The summed E-state index contributed by atoms with van der Waals surface area (Å²) < 4.78 is 4.58. The number of benzene rings is 3. The van der Waals surface area contributed by atoms with Crippen molar-refractivity contribution in [2.24, 2.45) is 0 Å². The second-order valence-electron chi connectivity index (χ2n) is 8.60. The Bertz CT molecular complexity index is 2070. The van der Waals surface area contributed by atoms with Gasteiger partial charge in [0.25, 0.3) is 0 Å². The minimum Gasteiger partial charge on any atom is -0.309 e. The van der Waals surface area contributed by atoms with Gasteiger partial charge in [-0.2, -0.15) is 0 Å². The summed E-state index contributed by atoms with van der Waals surface area (Å²) in [6, 6.07) is 27.7. The van der Waals surface area contributed by atoms with E-state index in [2.05, 4.69) is 91.7 Å². The molecule has 0 N–H and O–H groups in total. The number of hydrogen-bond donors (Lipinski definition) is 0. The van der Waals surface area contributed by atoms with Crippen LogP contribution in [0.1, 0.15) is 0 Å². The van der Waals surface area contributed by atoms with Crippen molar-refractivity contribution in [2.45, 2.75) is 0 Å². The lowest BCUT2D eigenvalue weighted by atomic mass is 10.0. The summed E-state index contributed by atoms with van der Waals surface area (Å²) in [5, 5.41) is 5.85. The number of pyridine rings is 3. The highest BCUT2D eigenvalue weighted by atomic mass is 15.0. The molecule has 0 radical (unpaired) electrons. The summed E-state index contributed by atoms with van der Waals surface area (Å²) in [4.78, 5) is 13.9. The number of para-hydroxylation sites is 2. The molecule has 5 heteroatoms. The fourth-order valence-corrected chi connectivity index (χ4v) is 5.51. The molecule has 0 aliphatic rings. The van der Waals surface area contributed by atoms with Gasteiger partial charge in [-0.15, -0.1) is 0 Å². The first-order valence-electron chi connectivity index (χ1n) is 11.3. The molecule has 0 spiro atoms. The minimum absolute atomic E-state index is 0.889. The standard InChI is InChI=1S/C29H17N5/c1-2-6-18(7-3-1)33-23-9-5-4-8-19(23)28-26(33)11-10-20-27(28)21-16-30-14-12-24(21)34-25-13-15-31-17-22(25)32-29(20)34/h1-17H. The van der Waals surface area contributed by atoms with Crippen molar-refractivity contribution in [3.8, 4) is 5.69 Å². The lowest BCUT2D eigenvalue weighted by molar-refractivity contribution is 1.18. The van der Waals surface area contributed by atoms with Crippen molar-refractivity contribution in [3.05, 3.63) is 104 Å². The summed E-state index contributed by atoms with van der Waals surface area (Å²) in [5.41, 5.74) is 7.48. The third-order valence-corrected chi connectivity index (χ3v) is 6.86. The van der Waals surface area contributed by atoms with Crippen molar-refractivity contribution >= 4 is 60.2 Å². The summed E-state index contributed by atoms with van der Waals surface area (Å²) in [6.45, 7) is 0.